The lowest BCUT2D eigenvalue weighted by Gasteiger charge is -2.48. The van der Waals surface area contributed by atoms with Gasteiger partial charge in [-0.05, 0) is 36.6 Å². The summed E-state index contributed by atoms with van der Waals surface area (Å²) in [5, 5.41) is 12.6. The summed E-state index contributed by atoms with van der Waals surface area (Å²) in [6.07, 6.45) is 0.578. The quantitative estimate of drug-likeness (QED) is 0.390. The molecule has 6 N–H and O–H groups in total. The second-order valence-electron chi connectivity index (χ2n) is 7.17. The molecule has 0 amide bonds. The van der Waals surface area contributed by atoms with Gasteiger partial charge in [-0.15, -0.1) is 0 Å². The van der Waals surface area contributed by atoms with Crippen molar-refractivity contribution < 1.29 is 28.0 Å². The molecule has 4 unspecified atom stereocenters. The maximum atomic E-state index is 13.0. The van der Waals surface area contributed by atoms with Crippen LogP contribution in [0, 0.1) is 17.7 Å². The van der Waals surface area contributed by atoms with E-state index in [0.29, 0.717) is 24.6 Å². The average Bonchev–Trinajstić information content (AvgIpc) is 3.07. The van der Waals surface area contributed by atoms with Gasteiger partial charge < -0.3 is 25.6 Å². The molecule has 1 aromatic carbocycles. The number of phosphoric ester groups is 1. The SMILES string of the molecule is Nc1nc2c(c(=O)[nH]1)NCN2C1CC(CO)C1COP(=O)(O)Oc1ccc(F)cc1. The number of nitrogens with two attached hydrogens (primary N) is 1. The molecule has 4 atom stereocenters. The molecule has 2 aromatic rings. The van der Waals surface area contributed by atoms with E-state index in [-0.39, 0.29) is 42.8 Å². The van der Waals surface area contributed by atoms with Gasteiger partial charge in [0.05, 0.1) is 13.3 Å². The number of aliphatic hydroxyl groups excluding tert-OH is 1. The molecule has 0 bridgehead atoms. The van der Waals surface area contributed by atoms with Crippen molar-refractivity contribution in [1.29, 1.82) is 0 Å². The highest BCUT2D eigenvalue weighted by molar-refractivity contribution is 7.47. The van der Waals surface area contributed by atoms with Gasteiger partial charge in [0.2, 0.25) is 5.95 Å². The van der Waals surface area contributed by atoms with Gasteiger partial charge in [-0.2, -0.15) is 4.98 Å². The van der Waals surface area contributed by atoms with E-state index >= 15 is 0 Å². The monoisotopic (exact) mass is 441 g/mol. The summed E-state index contributed by atoms with van der Waals surface area (Å²) >= 11 is 0. The van der Waals surface area contributed by atoms with Crippen molar-refractivity contribution in [2.75, 3.05) is 35.8 Å². The number of halogens is 1. The summed E-state index contributed by atoms with van der Waals surface area (Å²) in [6.45, 7) is 0.00453. The molecule has 1 aromatic heterocycles. The lowest BCUT2D eigenvalue weighted by molar-refractivity contribution is 0.0217. The van der Waals surface area contributed by atoms with E-state index in [4.69, 9.17) is 14.8 Å². The van der Waals surface area contributed by atoms with Gasteiger partial charge in [-0.25, -0.2) is 8.96 Å². The summed E-state index contributed by atoms with van der Waals surface area (Å²) in [5.41, 5.74) is 5.55. The molecule has 4 rings (SSSR count). The van der Waals surface area contributed by atoms with Crippen LogP contribution in [0.25, 0.3) is 0 Å². The number of H-pyrrole nitrogens is 1. The number of hydrogen-bond donors (Lipinski definition) is 5. The predicted molar refractivity (Wildman–Crippen MR) is 106 cm³/mol. The fourth-order valence-electron chi connectivity index (χ4n) is 3.79. The number of aliphatic hydroxyl groups is 1. The zero-order chi connectivity index (χ0) is 21.5. The lowest BCUT2D eigenvalue weighted by atomic mass is 9.69. The van der Waals surface area contributed by atoms with Gasteiger partial charge >= 0.3 is 7.82 Å². The summed E-state index contributed by atoms with van der Waals surface area (Å²) in [7, 11) is -4.47. The highest BCUT2D eigenvalue weighted by atomic mass is 31.2. The number of aromatic amines is 1. The Balaban J connectivity index is 1.45. The summed E-state index contributed by atoms with van der Waals surface area (Å²) in [4.78, 5) is 30.4. The molecule has 2 heterocycles. The zero-order valence-electron chi connectivity index (χ0n) is 15.7. The highest BCUT2D eigenvalue weighted by Gasteiger charge is 2.47. The Hall–Kier alpha value is -2.66. The van der Waals surface area contributed by atoms with Gasteiger partial charge in [-0.3, -0.25) is 19.2 Å². The van der Waals surface area contributed by atoms with Crippen LogP contribution >= 0.6 is 7.82 Å². The molecule has 0 saturated heterocycles. The van der Waals surface area contributed by atoms with Crippen LogP contribution in [-0.2, 0) is 9.09 Å². The Bertz CT molecular complexity index is 1030. The normalized spacial score (nSPS) is 24.5. The maximum absolute atomic E-state index is 13.0. The number of rotatable bonds is 7. The Morgan fingerprint density at radius 1 is 1.37 bits per heavy atom. The Morgan fingerprint density at radius 2 is 2.10 bits per heavy atom. The first-order valence-corrected chi connectivity index (χ1v) is 10.7. The molecule has 0 spiro atoms. The summed E-state index contributed by atoms with van der Waals surface area (Å²) in [6, 6.07) is 4.42. The molecule has 1 aliphatic heterocycles. The number of fused-ring (bicyclic) bond motifs is 1. The molecule has 0 radical (unpaired) electrons. The molecular weight excluding hydrogens is 420 g/mol. The van der Waals surface area contributed by atoms with Gasteiger partial charge in [0.1, 0.15) is 17.3 Å². The average molecular weight is 441 g/mol. The molecule has 13 heteroatoms. The number of anilines is 3. The lowest BCUT2D eigenvalue weighted by Crippen LogP contribution is -2.55. The van der Waals surface area contributed by atoms with Gasteiger partial charge in [-0.1, -0.05) is 0 Å². The molecule has 11 nitrogen and oxygen atoms in total. The maximum Gasteiger partial charge on any atom is 0.527 e. The van der Waals surface area contributed by atoms with E-state index in [0.717, 1.165) is 12.1 Å². The van der Waals surface area contributed by atoms with Crippen LogP contribution in [0.3, 0.4) is 0 Å². The van der Waals surface area contributed by atoms with Crippen molar-refractivity contribution in [1.82, 2.24) is 9.97 Å². The third-order valence-electron chi connectivity index (χ3n) is 5.36. The number of phosphoric acid groups is 1. The van der Waals surface area contributed by atoms with E-state index in [9.17, 15) is 23.7 Å². The number of aromatic nitrogens is 2. The van der Waals surface area contributed by atoms with Gasteiger partial charge in [0, 0.05) is 18.6 Å². The fraction of sp³-hybridized carbons (Fsp3) is 0.412. The number of nitrogens with one attached hydrogen (secondary N) is 2. The van der Waals surface area contributed by atoms with Crippen molar-refractivity contribution in [3.8, 4) is 5.75 Å². The van der Waals surface area contributed by atoms with Crippen molar-refractivity contribution >= 4 is 25.3 Å². The first kappa shape index (κ1) is 20.6. The summed E-state index contributed by atoms with van der Waals surface area (Å²) in [5.74, 6) is -0.635. The van der Waals surface area contributed by atoms with Crippen molar-refractivity contribution in [2.45, 2.75) is 12.5 Å². The van der Waals surface area contributed by atoms with E-state index in [1.54, 1.807) is 0 Å². The molecule has 1 saturated carbocycles. The number of nitrogen functional groups attached to an aromatic ring is 1. The Morgan fingerprint density at radius 3 is 2.80 bits per heavy atom. The second-order valence-corrected chi connectivity index (χ2v) is 8.55. The van der Waals surface area contributed by atoms with E-state index in [1.165, 1.54) is 12.1 Å². The minimum absolute atomic E-state index is 0.0114. The van der Waals surface area contributed by atoms with Gasteiger partial charge in [0.25, 0.3) is 5.56 Å². The second kappa shape index (κ2) is 7.88. The minimum atomic E-state index is -4.47. The molecule has 1 fully saturated rings. The predicted octanol–water partition coefficient (Wildman–Crippen LogP) is 0.874. The zero-order valence-corrected chi connectivity index (χ0v) is 16.6. The third-order valence-corrected chi connectivity index (χ3v) is 6.28. The van der Waals surface area contributed by atoms with Crippen molar-refractivity contribution in [3.63, 3.8) is 0 Å². The molecule has 1 aliphatic carbocycles. The highest BCUT2D eigenvalue weighted by Crippen LogP contribution is 2.48. The largest absolute Gasteiger partial charge is 0.527 e. The standard InChI is InChI=1S/C17H21FN5O6P/c18-10-1-3-11(4-2-10)29-30(26,27)28-7-12-9(6-24)5-13(12)23-8-20-14-15(23)21-17(19)22-16(14)25/h1-4,9,12-13,20,24H,5-8H2,(H,26,27)(H3,19,21,22,25). The van der Waals surface area contributed by atoms with E-state index < -0.39 is 19.2 Å². The fourth-order valence-corrected chi connectivity index (χ4v) is 4.59. The van der Waals surface area contributed by atoms with Crippen molar-refractivity contribution in [3.05, 3.63) is 40.4 Å². The van der Waals surface area contributed by atoms with Crippen LogP contribution in [0.4, 0.5) is 21.8 Å². The van der Waals surface area contributed by atoms with Crippen LogP contribution in [0.5, 0.6) is 5.75 Å². The Labute approximate surface area is 170 Å². The number of nitrogens with zero attached hydrogens (tertiary/aromatic N) is 2. The van der Waals surface area contributed by atoms with Crippen LogP contribution in [0.15, 0.2) is 29.1 Å². The summed E-state index contributed by atoms with van der Waals surface area (Å²) < 4.78 is 35.3. The molecule has 2 aliphatic rings. The topological polar surface area (TPSA) is 163 Å². The van der Waals surface area contributed by atoms with Crippen LogP contribution in [0.1, 0.15) is 6.42 Å². The third kappa shape index (κ3) is 3.99. The van der Waals surface area contributed by atoms with Crippen LogP contribution in [0.2, 0.25) is 0 Å². The van der Waals surface area contributed by atoms with Crippen molar-refractivity contribution in [2.24, 2.45) is 11.8 Å². The number of benzene rings is 1. The van der Waals surface area contributed by atoms with E-state index in [1.807, 2.05) is 4.90 Å². The Kier molecular flexibility index (Phi) is 5.41. The molecular formula is C17H21FN5O6P. The molecule has 30 heavy (non-hydrogen) atoms. The smallest absolute Gasteiger partial charge is 0.404 e. The van der Waals surface area contributed by atoms with E-state index in [2.05, 4.69) is 15.3 Å². The van der Waals surface area contributed by atoms with Gasteiger partial charge in [0.15, 0.2) is 5.82 Å². The first-order chi connectivity index (χ1) is 14.3. The van der Waals surface area contributed by atoms with Crippen LogP contribution in [-0.4, -0.2) is 45.9 Å². The minimum Gasteiger partial charge on any atom is -0.404 e. The number of hydrogen-bond acceptors (Lipinski definition) is 9. The molecule has 162 valence electrons. The first-order valence-electron chi connectivity index (χ1n) is 9.21. The van der Waals surface area contributed by atoms with Crippen LogP contribution < -0.4 is 26.0 Å².